The second kappa shape index (κ2) is 4.27. The van der Waals surface area contributed by atoms with Crippen LogP contribution >= 0.6 is 10.7 Å². The Bertz CT molecular complexity index is 455. The zero-order valence-electron chi connectivity index (χ0n) is 9.45. The van der Waals surface area contributed by atoms with Crippen molar-refractivity contribution in [1.29, 1.82) is 0 Å². The normalized spacial score (nSPS) is 15.8. The third-order valence-corrected chi connectivity index (χ3v) is 6.84. The van der Waals surface area contributed by atoms with Crippen LogP contribution in [0.4, 0.5) is 0 Å². The number of benzene rings is 1. The molecule has 1 aromatic rings. The molecular formula is C10H16ClNOSSi. The first-order valence-corrected chi connectivity index (χ1v) is 10.5. The van der Waals surface area contributed by atoms with Crippen LogP contribution in [0.1, 0.15) is 5.56 Å². The van der Waals surface area contributed by atoms with E-state index in [4.69, 9.17) is 10.7 Å². The van der Waals surface area contributed by atoms with E-state index < -0.39 is 17.2 Å². The Kier molecular flexibility index (Phi) is 3.63. The first-order valence-electron chi connectivity index (χ1n) is 4.75. The van der Waals surface area contributed by atoms with Crippen molar-refractivity contribution in [2.75, 3.05) is 0 Å². The van der Waals surface area contributed by atoms with Gasteiger partial charge in [0, 0.05) is 10.7 Å². The highest BCUT2D eigenvalue weighted by atomic mass is 35.7. The number of nitrogens with zero attached hydrogens (tertiary/aromatic N) is 1. The van der Waals surface area contributed by atoms with Gasteiger partial charge in [-0.05, 0) is 38.7 Å². The van der Waals surface area contributed by atoms with E-state index in [9.17, 15) is 4.21 Å². The van der Waals surface area contributed by atoms with Crippen molar-refractivity contribution < 1.29 is 4.21 Å². The molecule has 0 bridgehead atoms. The van der Waals surface area contributed by atoms with E-state index in [0.29, 0.717) is 4.90 Å². The number of halogens is 1. The molecule has 0 aliphatic rings. The van der Waals surface area contributed by atoms with Crippen molar-refractivity contribution in [3.63, 3.8) is 0 Å². The van der Waals surface area contributed by atoms with E-state index in [1.54, 1.807) is 12.1 Å². The van der Waals surface area contributed by atoms with E-state index in [2.05, 4.69) is 4.03 Å². The van der Waals surface area contributed by atoms with Gasteiger partial charge in [-0.3, -0.25) is 4.03 Å². The van der Waals surface area contributed by atoms with Gasteiger partial charge in [-0.2, -0.15) is 0 Å². The summed E-state index contributed by atoms with van der Waals surface area (Å²) < 4.78 is 16.4. The maximum absolute atomic E-state index is 12.1. The molecule has 0 heterocycles. The SMILES string of the molecule is Cc1ccc(S(=O)(Cl)=N[Si](C)(C)C)cc1. The Morgan fingerprint density at radius 2 is 1.67 bits per heavy atom. The first kappa shape index (κ1) is 12.7. The van der Waals surface area contributed by atoms with Gasteiger partial charge >= 0.3 is 0 Å². The summed E-state index contributed by atoms with van der Waals surface area (Å²) in [6.07, 6.45) is 0. The zero-order chi connectivity index (χ0) is 11.7. The molecule has 0 aliphatic carbocycles. The van der Waals surface area contributed by atoms with Crippen molar-refractivity contribution in [3.05, 3.63) is 29.8 Å². The molecule has 1 rings (SSSR count). The second-order valence-electron chi connectivity index (χ2n) is 4.53. The Morgan fingerprint density at radius 1 is 1.20 bits per heavy atom. The van der Waals surface area contributed by atoms with Crippen LogP contribution in [0.5, 0.6) is 0 Å². The fraction of sp³-hybridized carbons (Fsp3) is 0.400. The van der Waals surface area contributed by atoms with Crippen molar-refractivity contribution in [1.82, 2.24) is 0 Å². The summed E-state index contributed by atoms with van der Waals surface area (Å²) in [5.41, 5.74) is 1.12. The molecule has 15 heavy (non-hydrogen) atoms. The predicted molar refractivity (Wildman–Crippen MR) is 69.2 cm³/mol. The molecule has 0 spiro atoms. The molecule has 0 aromatic heterocycles. The van der Waals surface area contributed by atoms with E-state index >= 15 is 0 Å². The number of rotatable bonds is 2. The standard InChI is InChI=1S/C10H16ClNOSSi/c1-9-5-7-10(8-6-9)14(11,13)12-15(2,3)4/h5-8H,1-4H3. The van der Waals surface area contributed by atoms with Gasteiger partial charge in [0.25, 0.3) is 0 Å². The third-order valence-electron chi connectivity index (χ3n) is 1.70. The number of hydrogen-bond acceptors (Lipinski definition) is 2. The Labute approximate surface area is 97.4 Å². The van der Waals surface area contributed by atoms with Crippen LogP contribution < -0.4 is 0 Å². The van der Waals surface area contributed by atoms with Crippen molar-refractivity contribution in [2.24, 2.45) is 4.03 Å². The molecule has 0 saturated heterocycles. The summed E-state index contributed by atoms with van der Waals surface area (Å²) in [4.78, 5) is 0.609. The fourth-order valence-electron chi connectivity index (χ4n) is 1.11. The highest BCUT2D eigenvalue weighted by molar-refractivity contribution is 8.16. The highest BCUT2D eigenvalue weighted by Crippen LogP contribution is 2.21. The van der Waals surface area contributed by atoms with E-state index in [0.717, 1.165) is 5.56 Å². The lowest BCUT2D eigenvalue weighted by molar-refractivity contribution is 0.686. The Morgan fingerprint density at radius 3 is 2.07 bits per heavy atom. The second-order valence-corrected chi connectivity index (χ2v) is 12.2. The minimum atomic E-state index is -2.73. The minimum Gasteiger partial charge on any atom is -0.262 e. The first-order chi connectivity index (χ1) is 6.71. The van der Waals surface area contributed by atoms with Gasteiger partial charge in [0.15, 0.2) is 17.2 Å². The van der Waals surface area contributed by atoms with Crippen LogP contribution in [-0.4, -0.2) is 12.4 Å². The maximum Gasteiger partial charge on any atom is 0.186 e. The summed E-state index contributed by atoms with van der Waals surface area (Å²) in [7, 11) is 1.50. The van der Waals surface area contributed by atoms with Crippen LogP contribution in [-0.2, 0) is 8.94 Å². The van der Waals surface area contributed by atoms with Crippen molar-refractivity contribution >= 4 is 27.9 Å². The Balaban J connectivity index is 3.23. The zero-order valence-corrected chi connectivity index (χ0v) is 12.0. The van der Waals surface area contributed by atoms with Crippen LogP contribution in [0.2, 0.25) is 19.6 Å². The van der Waals surface area contributed by atoms with Gasteiger partial charge in [0.1, 0.15) is 0 Å². The molecular weight excluding hydrogens is 246 g/mol. The lowest BCUT2D eigenvalue weighted by Crippen LogP contribution is -2.18. The Hall–Kier alpha value is -0.323. The molecule has 0 amide bonds. The molecule has 2 nitrogen and oxygen atoms in total. The summed E-state index contributed by atoms with van der Waals surface area (Å²) >= 11 is 0. The maximum atomic E-state index is 12.1. The summed E-state index contributed by atoms with van der Waals surface area (Å²) in [5.74, 6) is 0. The molecule has 1 atom stereocenters. The molecule has 0 aliphatic heterocycles. The largest absolute Gasteiger partial charge is 0.262 e. The van der Waals surface area contributed by atoms with Gasteiger partial charge < -0.3 is 0 Å². The highest BCUT2D eigenvalue weighted by Gasteiger charge is 2.17. The van der Waals surface area contributed by atoms with Crippen LogP contribution in [0.3, 0.4) is 0 Å². The molecule has 0 saturated carbocycles. The molecule has 84 valence electrons. The lowest BCUT2D eigenvalue weighted by Gasteiger charge is -2.11. The molecule has 0 radical (unpaired) electrons. The quantitative estimate of drug-likeness (QED) is 0.588. The number of aryl methyl sites for hydroxylation is 1. The topological polar surface area (TPSA) is 29.4 Å². The average Bonchev–Trinajstić information content (AvgIpc) is 2.00. The van der Waals surface area contributed by atoms with Gasteiger partial charge in [0.05, 0.1) is 4.90 Å². The van der Waals surface area contributed by atoms with Gasteiger partial charge in [0.2, 0.25) is 0 Å². The van der Waals surface area contributed by atoms with E-state index in [1.807, 2.05) is 38.7 Å². The summed E-state index contributed by atoms with van der Waals surface area (Å²) in [6.45, 7) is 8.03. The molecule has 0 N–H and O–H groups in total. The number of hydrogen-bond donors (Lipinski definition) is 0. The summed E-state index contributed by atoms with van der Waals surface area (Å²) in [6, 6.07) is 7.37. The predicted octanol–water partition coefficient (Wildman–Crippen LogP) is 3.81. The van der Waals surface area contributed by atoms with Gasteiger partial charge in [-0.15, -0.1) is 0 Å². The van der Waals surface area contributed by atoms with Crippen molar-refractivity contribution in [3.8, 4) is 0 Å². The third kappa shape index (κ3) is 3.97. The monoisotopic (exact) mass is 261 g/mol. The van der Waals surface area contributed by atoms with Crippen LogP contribution in [0, 0.1) is 6.92 Å². The minimum absolute atomic E-state index is 0.609. The van der Waals surface area contributed by atoms with E-state index in [1.165, 1.54) is 0 Å². The lowest BCUT2D eigenvalue weighted by atomic mass is 10.2. The average molecular weight is 262 g/mol. The van der Waals surface area contributed by atoms with Gasteiger partial charge in [-0.25, -0.2) is 4.21 Å². The van der Waals surface area contributed by atoms with E-state index in [-0.39, 0.29) is 0 Å². The van der Waals surface area contributed by atoms with Crippen LogP contribution in [0.15, 0.2) is 33.2 Å². The smallest absolute Gasteiger partial charge is 0.186 e. The van der Waals surface area contributed by atoms with Gasteiger partial charge in [-0.1, -0.05) is 17.7 Å². The molecule has 1 unspecified atom stereocenters. The molecule has 5 heteroatoms. The molecule has 0 fully saturated rings. The van der Waals surface area contributed by atoms with Crippen molar-refractivity contribution in [2.45, 2.75) is 31.5 Å². The summed E-state index contributed by atoms with van der Waals surface area (Å²) in [5, 5.41) is 0. The van der Waals surface area contributed by atoms with Crippen LogP contribution in [0.25, 0.3) is 0 Å². The molecule has 1 aromatic carbocycles. The fourth-order valence-corrected chi connectivity index (χ4v) is 6.99.